The van der Waals surface area contributed by atoms with Gasteiger partial charge in [0.1, 0.15) is 11.4 Å². The lowest BCUT2D eigenvalue weighted by Gasteiger charge is -2.49. The third kappa shape index (κ3) is 2.41. The highest BCUT2D eigenvalue weighted by Gasteiger charge is 2.52. The average molecular weight is 349 g/mol. The van der Waals surface area contributed by atoms with E-state index in [1.165, 1.54) is 25.9 Å². The fraction of sp³-hybridized carbons (Fsp3) is 0.529. The van der Waals surface area contributed by atoms with E-state index in [4.69, 9.17) is 14.4 Å². The standard InChI is InChI=1S/C17H20N4O2.ClH/c1-11-14-3-2-13(8-15(14)22-19-11)18-16-9-17(23-20-16)10-21-6-4-12(17)5-7-21;/h2-3,8,12H,4-7,9-10H2,1H3,(H,18,20);1H/t17-;/m0./s1. The molecule has 0 unspecified atom stereocenters. The number of aliphatic imine (C=N–C) groups is 1. The maximum absolute atomic E-state index is 6.03. The van der Waals surface area contributed by atoms with E-state index in [1.807, 2.05) is 25.1 Å². The summed E-state index contributed by atoms with van der Waals surface area (Å²) in [6, 6.07) is 5.95. The van der Waals surface area contributed by atoms with E-state index in [0.717, 1.165) is 41.2 Å². The van der Waals surface area contributed by atoms with Crippen LogP contribution in [0.4, 0.5) is 5.69 Å². The molecule has 1 aromatic carbocycles. The zero-order valence-corrected chi connectivity index (χ0v) is 14.4. The molecule has 7 heteroatoms. The summed E-state index contributed by atoms with van der Waals surface area (Å²) in [5.74, 6) is 1.56. The van der Waals surface area contributed by atoms with Crippen LogP contribution in [0.25, 0.3) is 11.0 Å². The topological polar surface area (TPSA) is 62.9 Å². The second-order valence-electron chi connectivity index (χ2n) is 7.00. The van der Waals surface area contributed by atoms with Crippen molar-refractivity contribution in [1.82, 2.24) is 15.5 Å². The Kier molecular flexibility index (Phi) is 3.78. The molecule has 4 saturated heterocycles. The van der Waals surface area contributed by atoms with Crippen molar-refractivity contribution in [3.8, 4) is 0 Å². The molecule has 4 aliphatic rings. The molecule has 24 heavy (non-hydrogen) atoms. The van der Waals surface area contributed by atoms with Gasteiger partial charge in [0.2, 0.25) is 0 Å². The molecule has 0 radical (unpaired) electrons. The Balaban J connectivity index is 0.00000146. The van der Waals surface area contributed by atoms with E-state index in [0.29, 0.717) is 5.92 Å². The van der Waals surface area contributed by atoms with Gasteiger partial charge in [0, 0.05) is 24.4 Å². The minimum atomic E-state index is -0.0811. The van der Waals surface area contributed by atoms with Crippen LogP contribution in [0.5, 0.6) is 0 Å². The van der Waals surface area contributed by atoms with E-state index in [2.05, 4.69) is 15.5 Å². The first-order chi connectivity index (χ1) is 11.2. The van der Waals surface area contributed by atoms with Gasteiger partial charge in [-0.3, -0.25) is 10.3 Å². The molecule has 1 spiro atoms. The summed E-state index contributed by atoms with van der Waals surface area (Å²) in [4.78, 5) is 13.3. The number of hydrogen-bond donors (Lipinski definition) is 1. The normalized spacial score (nSPS) is 33.1. The van der Waals surface area contributed by atoms with Gasteiger partial charge in [0.25, 0.3) is 0 Å². The van der Waals surface area contributed by atoms with E-state index in [9.17, 15) is 0 Å². The van der Waals surface area contributed by atoms with Crippen LogP contribution >= 0.6 is 12.4 Å². The molecule has 128 valence electrons. The quantitative estimate of drug-likeness (QED) is 0.858. The number of hydroxylamine groups is 1. The molecular weight excluding hydrogens is 328 g/mol. The Morgan fingerprint density at radius 3 is 2.92 bits per heavy atom. The van der Waals surface area contributed by atoms with Crippen molar-refractivity contribution < 1.29 is 9.36 Å². The average Bonchev–Trinajstić information content (AvgIpc) is 3.13. The number of amidine groups is 1. The number of fused-ring (bicyclic) bond motifs is 3. The largest absolute Gasteiger partial charge is 0.356 e. The summed E-state index contributed by atoms with van der Waals surface area (Å²) in [5, 5.41) is 5.03. The van der Waals surface area contributed by atoms with E-state index < -0.39 is 0 Å². The van der Waals surface area contributed by atoms with Gasteiger partial charge >= 0.3 is 0 Å². The Morgan fingerprint density at radius 1 is 1.33 bits per heavy atom. The second kappa shape index (κ2) is 5.72. The monoisotopic (exact) mass is 348 g/mol. The number of aromatic nitrogens is 1. The SMILES string of the molecule is Cc1noc2cc(N=C3C[C@@]4(CN5CCC4CC5)ON3)ccc12.Cl. The van der Waals surface area contributed by atoms with Gasteiger partial charge in [0.15, 0.2) is 5.58 Å². The molecule has 1 aromatic heterocycles. The molecule has 5 heterocycles. The summed E-state index contributed by atoms with van der Waals surface area (Å²) in [5.41, 5.74) is 5.56. The molecule has 6 nitrogen and oxygen atoms in total. The van der Waals surface area contributed by atoms with E-state index in [-0.39, 0.29) is 18.0 Å². The predicted octanol–water partition coefficient (Wildman–Crippen LogP) is 2.98. The third-order valence-electron chi connectivity index (χ3n) is 5.56. The first kappa shape index (κ1) is 15.9. The molecule has 2 bridgehead atoms. The lowest BCUT2D eigenvalue weighted by molar-refractivity contribution is -0.150. The van der Waals surface area contributed by atoms with Crippen LogP contribution in [0.1, 0.15) is 25.0 Å². The van der Waals surface area contributed by atoms with E-state index >= 15 is 0 Å². The number of rotatable bonds is 1. The van der Waals surface area contributed by atoms with Crippen molar-refractivity contribution in [2.75, 3.05) is 19.6 Å². The molecule has 4 fully saturated rings. The highest BCUT2D eigenvalue weighted by atomic mass is 35.5. The van der Waals surface area contributed by atoms with Crippen LogP contribution in [0.2, 0.25) is 0 Å². The number of aryl methyl sites for hydroxylation is 1. The number of halogens is 1. The zero-order valence-electron chi connectivity index (χ0n) is 13.6. The van der Waals surface area contributed by atoms with Crippen molar-refractivity contribution >= 4 is 34.9 Å². The summed E-state index contributed by atoms with van der Waals surface area (Å²) in [6.45, 7) is 5.39. The molecule has 6 rings (SSSR count). The Morgan fingerprint density at radius 2 is 2.17 bits per heavy atom. The highest BCUT2D eigenvalue weighted by molar-refractivity contribution is 5.88. The summed E-state index contributed by atoms with van der Waals surface area (Å²) < 4.78 is 5.33. The molecule has 0 aliphatic carbocycles. The molecular formula is C17H21ClN4O2. The van der Waals surface area contributed by atoms with Gasteiger partial charge < -0.3 is 9.42 Å². The Hall–Kier alpha value is -1.63. The van der Waals surface area contributed by atoms with Crippen molar-refractivity contribution in [1.29, 1.82) is 0 Å². The van der Waals surface area contributed by atoms with Gasteiger partial charge in [-0.25, -0.2) is 4.99 Å². The maximum atomic E-state index is 6.03. The lowest BCUT2D eigenvalue weighted by Crippen LogP contribution is -2.59. The Labute approximate surface area is 146 Å². The van der Waals surface area contributed by atoms with Crippen LogP contribution in [0.15, 0.2) is 27.7 Å². The number of nitrogens with one attached hydrogen (secondary N) is 1. The molecule has 1 N–H and O–H groups in total. The minimum absolute atomic E-state index is 0. The smallest absolute Gasteiger partial charge is 0.169 e. The van der Waals surface area contributed by atoms with Crippen LogP contribution in [-0.2, 0) is 4.84 Å². The molecule has 0 saturated carbocycles. The first-order valence-corrected chi connectivity index (χ1v) is 8.32. The van der Waals surface area contributed by atoms with Crippen LogP contribution in [0, 0.1) is 12.8 Å². The number of nitrogens with zero attached hydrogens (tertiary/aromatic N) is 3. The highest BCUT2D eigenvalue weighted by Crippen LogP contribution is 2.42. The summed E-state index contributed by atoms with van der Waals surface area (Å²) >= 11 is 0. The van der Waals surface area contributed by atoms with Gasteiger partial charge in [-0.05, 0) is 50.9 Å². The van der Waals surface area contributed by atoms with Crippen LogP contribution in [-0.4, -0.2) is 41.1 Å². The number of hydrogen-bond acceptors (Lipinski definition) is 5. The second-order valence-corrected chi connectivity index (χ2v) is 7.00. The maximum Gasteiger partial charge on any atom is 0.169 e. The van der Waals surface area contributed by atoms with Crippen molar-refractivity contribution in [2.45, 2.75) is 31.8 Å². The van der Waals surface area contributed by atoms with Crippen molar-refractivity contribution in [3.05, 3.63) is 23.9 Å². The lowest BCUT2D eigenvalue weighted by atomic mass is 9.74. The summed E-state index contributed by atoms with van der Waals surface area (Å²) in [6.07, 6.45) is 3.33. The van der Waals surface area contributed by atoms with Crippen molar-refractivity contribution in [3.63, 3.8) is 0 Å². The van der Waals surface area contributed by atoms with Crippen molar-refractivity contribution in [2.24, 2.45) is 10.9 Å². The van der Waals surface area contributed by atoms with Crippen LogP contribution in [0.3, 0.4) is 0 Å². The first-order valence-electron chi connectivity index (χ1n) is 8.32. The number of benzene rings is 1. The zero-order chi connectivity index (χ0) is 15.4. The van der Waals surface area contributed by atoms with Gasteiger partial charge in [-0.1, -0.05) is 5.16 Å². The fourth-order valence-electron chi connectivity index (χ4n) is 4.30. The van der Waals surface area contributed by atoms with Gasteiger partial charge in [-0.2, -0.15) is 0 Å². The molecule has 1 atom stereocenters. The molecule has 0 amide bonds. The van der Waals surface area contributed by atoms with Gasteiger partial charge in [-0.15, -0.1) is 12.4 Å². The molecule has 2 aromatic rings. The Bertz CT molecular complexity index is 797. The van der Waals surface area contributed by atoms with Gasteiger partial charge in [0.05, 0.1) is 11.4 Å². The molecule has 4 aliphatic heterocycles. The van der Waals surface area contributed by atoms with E-state index in [1.54, 1.807) is 0 Å². The number of piperidine rings is 3. The third-order valence-corrected chi connectivity index (χ3v) is 5.56. The predicted molar refractivity (Wildman–Crippen MR) is 93.8 cm³/mol. The summed E-state index contributed by atoms with van der Waals surface area (Å²) in [7, 11) is 0. The fourth-order valence-corrected chi connectivity index (χ4v) is 4.30. The minimum Gasteiger partial charge on any atom is -0.356 e. The van der Waals surface area contributed by atoms with Crippen LogP contribution < -0.4 is 5.48 Å².